The molecule has 0 aliphatic carbocycles. The first-order valence-corrected chi connectivity index (χ1v) is 9.39. The highest BCUT2D eigenvalue weighted by atomic mass is 79.9. The predicted octanol–water partition coefficient (Wildman–Crippen LogP) is 4.00. The summed E-state index contributed by atoms with van der Waals surface area (Å²) in [6.07, 6.45) is -0.109. The van der Waals surface area contributed by atoms with Gasteiger partial charge < -0.3 is 5.32 Å². The van der Waals surface area contributed by atoms with Crippen LogP contribution in [0.1, 0.15) is 22.2 Å². The Hall–Kier alpha value is -2.15. The van der Waals surface area contributed by atoms with E-state index in [1.165, 1.54) is 0 Å². The van der Waals surface area contributed by atoms with Crippen LogP contribution in [-0.2, 0) is 6.54 Å². The van der Waals surface area contributed by atoms with E-state index >= 15 is 0 Å². The number of carbonyl (C=O) groups excluding carboxylic acids is 1. The van der Waals surface area contributed by atoms with E-state index in [1.54, 1.807) is 4.68 Å². The molecule has 1 atom stereocenters. The lowest BCUT2D eigenvalue weighted by atomic mass is 10.1. The number of carbonyl (C=O) groups is 1. The van der Waals surface area contributed by atoms with Crippen molar-refractivity contribution in [3.63, 3.8) is 0 Å². The minimum Gasteiger partial charge on any atom is -0.347 e. The quantitative estimate of drug-likeness (QED) is 0.656. The minimum atomic E-state index is -0.113. The fraction of sp³-hybridized carbons (Fsp3) is 0.158. The first-order valence-electron chi connectivity index (χ1n) is 8.22. The zero-order chi connectivity index (χ0) is 18.1. The Morgan fingerprint density at radius 2 is 2.04 bits per heavy atom. The van der Waals surface area contributed by atoms with Gasteiger partial charge in [0.1, 0.15) is 11.9 Å². The van der Waals surface area contributed by atoms with Crippen molar-refractivity contribution < 1.29 is 4.79 Å². The second-order valence-corrected chi connectivity index (χ2v) is 7.46. The maximum atomic E-state index is 12.2. The predicted molar refractivity (Wildman–Crippen MR) is 105 cm³/mol. The van der Waals surface area contributed by atoms with Gasteiger partial charge in [-0.05, 0) is 35.9 Å². The highest BCUT2D eigenvalue weighted by Gasteiger charge is 2.27. The third-order valence-electron chi connectivity index (χ3n) is 4.29. The zero-order valence-electron chi connectivity index (χ0n) is 13.7. The molecule has 0 fully saturated rings. The molecule has 7 heteroatoms. The Bertz CT molecular complexity index is 954. The van der Waals surface area contributed by atoms with Crippen LogP contribution in [0.2, 0.25) is 5.02 Å². The van der Waals surface area contributed by atoms with Crippen LogP contribution >= 0.6 is 27.5 Å². The molecule has 1 unspecified atom stereocenters. The third kappa shape index (κ3) is 3.53. The van der Waals surface area contributed by atoms with Gasteiger partial charge in [-0.15, -0.1) is 0 Å². The largest absolute Gasteiger partial charge is 0.347 e. The van der Waals surface area contributed by atoms with Crippen LogP contribution in [-0.4, -0.2) is 22.2 Å². The lowest BCUT2D eigenvalue weighted by Gasteiger charge is -2.25. The molecule has 132 valence electrons. The molecular weight excluding hydrogens is 416 g/mol. The third-order valence-corrected chi connectivity index (χ3v) is 5.04. The molecule has 1 amide bonds. The minimum absolute atomic E-state index is 0.109. The fourth-order valence-electron chi connectivity index (χ4n) is 2.97. The first-order chi connectivity index (χ1) is 12.6. The van der Waals surface area contributed by atoms with E-state index in [-0.39, 0.29) is 12.1 Å². The van der Waals surface area contributed by atoms with Gasteiger partial charge in [0.25, 0.3) is 5.91 Å². The number of fused-ring (bicyclic) bond motifs is 1. The van der Waals surface area contributed by atoms with Crippen molar-refractivity contribution in [1.82, 2.24) is 20.4 Å². The molecule has 0 spiro atoms. The summed E-state index contributed by atoms with van der Waals surface area (Å²) in [5.74, 6) is -0.113. The highest BCUT2D eigenvalue weighted by molar-refractivity contribution is 9.10. The van der Waals surface area contributed by atoms with Gasteiger partial charge in [-0.1, -0.05) is 51.8 Å². The molecule has 0 saturated carbocycles. The lowest BCUT2D eigenvalue weighted by Crippen LogP contribution is -2.45. The molecule has 3 aromatic rings. The number of nitrogens with one attached hydrogen (secondary N) is 2. The van der Waals surface area contributed by atoms with Crippen LogP contribution < -0.4 is 10.6 Å². The monoisotopic (exact) mass is 430 g/mol. The normalized spacial score (nSPS) is 16.2. The van der Waals surface area contributed by atoms with E-state index in [2.05, 4.69) is 43.8 Å². The fourth-order valence-corrected chi connectivity index (χ4v) is 3.54. The Morgan fingerprint density at radius 1 is 1.23 bits per heavy atom. The maximum Gasteiger partial charge on any atom is 0.269 e. The van der Waals surface area contributed by atoms with Crippen LogP contribution in [0, 0.1) is 0 Å². The molecule has 0 bridgehead atoms. The van der Waals surface area contributed by atoms with Crippen molar-refractivity contribution in [2.24, 2.45) is 0 Å². The standard InChI is InChI=1S/C19H16BrClN4O/c20-14-3-1-2-12(8-14)10-22-18-11-23-19(26)17-9-16(24-25(17)18)13-4-6-15(21)7-5-13/h1-9,18,22H,10-11H2,(H,23,26). The molecule has 0 radical (unpaired) electrons. The molecule has 0 saturated heterocycles. The molecule has 1 aromatic heterocycles. The Balaban J connectivity index is 1.59. The lowest BCUT2D eigenvalue weighted by molar-refractivity contribution is 0.0900. The molecular formula is C19H16BrClN4O. The van der Waals surface area contributed by atoms with Gasteiger partial charge in [-0.3, -0.25) is 10.1 Å². The number of hydrogen-bond donors (Lipinski definition) is 2. The van der Waals surface area contributed by atoms with Gasteiger partial charge in [0.05, 0.1) is 12.2 Å². The molecule has 5 nitrogen and oxygen atoms in total. The van der Waals surface area contributed by atoms with Crippen molar-refractivity contribution in [2.75, 3.05) is 6.54 Å². The summed E-state index contributed by atoms with van der Waals surface area (Å²) in [5.41, 5.74) is 3.38. The highest BCUT2D eigenvalue weighted by Crippen LogP contribution is 2.24. The average Bonchev–Trinajstić information content (AvgIpc) is 3.08. The maximum absolute atomic E-state index is 12.2. The van der Waals surface area contributed by atoms with E-state index in [0.717, 1.165) is 21.3 Å². The van der Waals surface area contributed by atoms with Gasteiger partial charge >= 0.3 is 0 Å². The van der Waals surface area contributed by atoms with Crippen LogP contribution in [0.5, 0.6) is 0 Å². The number of nitrogens with zero attached hydrogens (tertiary/aromatic N) is 2. The summed E-state index contributed by atoms with van der Waals surface area (Å²) >= 11 is 9.44. The summed E-state index contributed by atoms with van der Waals surface area (Å²) < 4.78 is 2.80. The van der Waals surface area contributed by atoms with Gasteiger partial charge in [0, 0.05) is 21.6 Å². The molecule has 1 aliphatic heterocycles. The summed E-state index contributed by atoms with van der Waals surface area (Å²) in [6.45, 7) is 1.16. The number of aromatic nitrogens is 2. The van der Waals surface area contributed by atoms with Crippen molar-refractivity contribution >= 4 is 33.4 Å². The van der Waals surface area contributed by atoms with Crippen molar-refractivity contribution in [3.05, 3.63) is 75.4 Å². The average molecular weight is 432 g/mol. The van der Waals surface area contributed by atoms with E-state index in [0.29, 0.717) is 23.8 Å². The summed E-state index contributed by atoms with van der Waals surface area (Å²) in [6, 6.07) is 17.4. The number of halogens is 2. The second-order valence-electron chi connectivity index (χ2n) is 6.10. The van der Waals surface area contributed by atoms with Crippen LogP contribution in [0.3, 0.4) is 0 Å². The molecule has 1 aliphatic rings. The van der Waals surface area contributed by atoms with Crippen molar-refractivity contribution in [1.29, 1.82) is 0 Å². The van der Waals surface area contributed by atoms with Crippen LogP contribution in [0.15, 0.2) is 59.1 Å². The SMILES string of the molecule is O=C1NCC(NCc2cccc(Br)c2)n2nc(-c3ccc(Cl)cc3)cc21. The molecule has 2 heterocycles. The van der Waals surface area contributed by atoms with Crippen LogP contribution in [0.25, 0.3) is 11.3 Å². The van der Waals surface area contributed by atoms with E-state index < -0.39 is 0 Å². The second kappa shape index (κ2) is 7.23. The topological polar surface area (TPSA) is 59.0 Å². The zero-order valence-corrected chi connectivity index (χ0v) is 16.1. The van der Waals surface area contributed by atoms with Gasteiger partial charge in [-0.2, -0.15) is 5.10 Å². The van der Waals surface area contributed by atoms with Crippen molar-refractivity contribution in [3.8, 4) is 11.3 Å². The number of rotatable bonds is 4. The summed E-state index contributed by atoms with van der Waals surface area (Å²) in [4.78, 5) is 12.2. The smallest absolute Gasteiger partial charge is 0.269 e. The van der Waals surface area contributed by atoms with Crippen molar-refractivity contribution in [2.45, 2.75) is 12.7 Å². The Labute approximate surface area is 164 Å². The number of hydrogen-bond acceptors (Lipinski definition) is 3. The first kappa shape index (κ1) is 17.3. The molecule has 2 N–H and O–H groups in total. The Kier molecular flexibility index (Phi) is 4.80. The van der Waals surface area contributed by atoms with Crippen LogP contribution in [0.4, 0.5) is 0 Å². The molecule has 26 heavy (non-hydrogen) atoms. The van der Waals surface area contributed by atoms with Gasteiger partial charge in [-0.25, -0.2) is 4.68 Å². The Morgan fingerprint density at radius 3 is 2.81 bits per heavy atom. The van der Waals surface area contributed by atoms with Gasteiger partial charge in [0.15, 0.2) is 0 Å². The molecule has 2 aromatic carbocycles. The number of benzene rings is 2. The van der Waals surface area contributed by atoms with E-state index in [4.69, 9.17) is 11.6 Å². The number of amides is 1. The summed E-state index contributed by atoms with van der Waals surface area (Å²) in [5, 5.41) is 11.7. The summed E-state index contributed by atoms with van der Waals surface area (Å²) in [7, 11) is 0. The molecule has 4 rings (SSSR count). The van der Waals surface area contributed by atoms with E-state index in [1.807, 2.05) is 42.5 Å². The van der Waals surface area contributed by atoms with Gasteiger partial charge in [0.2, 0.25) is 0 Å². The van der Waals surface area contributed by atoms with E-state index in [9.17, 15) is 4.79 Å².